The zero-order valence-electron chi connectivity index (χ0n) is 9.86. The van der Waals surface area contributed by atoms with Crippen LogP contribution in [0.15, 0.2) is 0 Å². The predicted octanol–water partition coefficient (Wildman–Crippen LogP) is 1.74. The van der Waals surface area contributed by atoms with E-state index in [0.717, 1.165) is 51.6 Å². The second kappa shape index (κ2) is 5.53. The molecule has 16 heavy (non-hydrogen) atoms. The van der Waals surface area contributed by atoms with E-state index >= 15 is 0 Å². The molecule has 1 amide bonds. The molecule has 92 valence electrons. The molecule has 0 aromatic carbocycles. The van der Waals surface area contributed by atoms with Crippen LogP contribution in [0.3, 0.4) is 0 Å². The molecule has 0 aromatic rings. The molecule has 0 spiro atoms. The zero-order chi connectivity index (χ0) is 11.4. The Morgan fingerprint density at radius 2 is 1.81 bits per heavy atom. The number of hydrogen-bond donors (Lipinski definition) is 1. The lowest BCUT2D eigenvalue weighted by Crippen LogP contribution is -2.32. The first-order chi connectivity index (χ1) is 7.75. The Morgan fingerprint density at radius 1 is 1.19 bits per heavy atom. The SMILES string of the molecule is NC1CCC(COC(=O)N2CCCC2)CC1. The minimum absolute atomic E-state index is 0.118. The first-order valence-electron chi connectivity index (χ1n) is 6.43. The molecule has 2 fully saturated rings. The molecule has 1 saturated carbocycles. The van der Waals surface area contributed by atoms with Gasteiger partial charge in [-0.2, -0.15) is 0 Å². The zero-order valence-corrected chi connectivity index (χ0v) is 9.86. The van der Waals surface area contributed by atoms with Gasteiger partial charge in [0.2, 0.25) is 0 Å². The molecule has 0 unspecified atom stereocenters. The molecule has 2 aliphatic rings. The topological polar surface area (TPSA) is 55.6 Å². The van der Waals surface area contributed by atoms with Crippen molar-refractivity contribution in [2.75, 3.05) is 19.7 Å². The van der Waals surface area contributed by atoms with Crippen LogP contribution in [-0.2, 0) is 4.74 Å². The lowest BCUT2D eigenvalue weighted by atomic mass is 9.87. The Bertz CT molecular complexity index is 231. The molecule has 2 N–H and O–H groups in total. The van der Waals surface area contributed by atoms with E-state index in [9.17, 15) is 4.79 Å². The maximum Gasteiger partial charge on any atom is 0.409 e. The van der Waals surface area contributed by atoms with E-state index in [4.69, 9.17) is 10.5 Å². The molecular weight excluding hydrogens is 204 g/mol. The number of amides is 1. The second-order valence-corrected chi connectivity index (χ2v) is 5.05. The third-order valence-corrected chi connectivity index (χ3v) is 3.70. The summed E-state index contributed by atoms with van der Waals surface area (Å²) < 4.78 is 5.35. The van der Waals surface area contributed by atoms with Gasteiger partial charge in [0.25, 0.3) is 0 Å². The van der Waals surface area contributed by atoms with E-state index in [1.807, 2.05) is 4.90 Å². The fraction of sp³-hybridized carbons (Fsp3) is 0.917. The Labute approximate surface area is 97.1 Å². The number of hydrogen-bond acceptors (Lipinski definition) is 3. The Morgan fingerprint density at radius 3 is 2.44 bits per heavy atom. The molecular formula is C12H22N2O2. The van der Waals surface area contributed by atoms with E-state index in [1.165, 1.54) is 0 Å². The van der Waals surface area contributed by atoms with Crippen LogP contribution in [0.4, 0.5) is 4.79 Å². The van der Waals surface area contributed by atoms with Gasteiger partial charge in [0.05, 0.1) is 6.61 Å². The lowest BCUT2D eigenvalue weighted by molar-refractivity contribution is 0.0855. The van der Waals surface area contributed by atoms with Crippen LogP contribution in [0.25, 0.3) is 0 Å². The molecule has 0 aromatic heterocycles. The van der Waals surface area contributed by atoms with Crippen molar-refractivity contribution in [3.8, 4) is 0 Å². The molecule has 0 atom stereocenters. The van der Waals surface area contributed by atoms with E-state index in [-0.39, 0.29) is 6.09 Å². The number of likely N-dealkylation sites (tertiary alicyclic amines) is 1. The summed E-state index contributed by atoms with van der Waals surface area (Å²) in [7, 11) is 0. The minimum atomic E-state index is -0.118. The van der Waals surface area contributed by atoms with Crippen LogP contribution in [0.1, 0.15) is 38.5 Å². The Hall–Kier alpha value is -0.770. The van der Waals surface area contributed by atoms with Crippen LogP contribution in [0, 0.1) is 5.92 Å². The monoisotopic (exact) mass is 226 g/mol. The number of carbonyl (C=O) groups is 1. The maximum atomic E-state index is 11.6. The van der Waals surface area contributed by atoms with Gasteiger partial charge in [0, 0.05) is 19.1 Å². The van der Waals surface area contributed by atoms with Crippen molar-refractivity contribution >= 4 is 6.09 Å². The van der Waals surface area contributed by atoms with E-state index < -0.39 is 0 Å². The molecule has 0 bridgehead atoms. The van der Waals surface area contributed by atoms with Crippen molar-refractivity contribution in [2.24, 2.45) is 11.7 Å². The number of ether oxygens (including phenoxy) is 1. The van der Waals surface area contributed by atoms with Gasteiger partial charge < -0.3 is 15.4 Å². The summed E-state index contributed by atoms with van der Waals surface area (Å²) in [4.78, 5) is 13.4. The number of rotatable bonds is 2. The molecule has 0 radical (unpaired) electrons. The number of carbonyl (C=O) groups excluding carboxylic acids is 1. The summed E-state index contributed by atoms with van der Waals surface area (Å²) in [5, 5.41) is 0. The maximum absolute atomic E-state index is 11.6. The van der Waals surface area contributed by atoms with E-state index in [1.54, 1.807) is 0 Å². The fourth-order valence-electron chi connectivity index (χ4n) is 2.54. The normalized spacial score (nSPS) is 30.4. The molecule has 4 nitrogen and oxygen atoms in total. The summed E-state index contributed by atoms with van der Waals surface area (Å²) in [5.41, 5.74) is 5.84. The number of nitrogens with zero attached hydrogens (tertiary/aromatic N) is 1. The number of nitrogens with two attached hydrogens (primary N) is 1. The van der Waals surface area contributed by atoms with Crippen LogP contribution in [0.2, 0.25) is 0 Å². The van der Waals surface area contributed by atoms with Crippen LogP contribution < -0.4 is 5.73 Å². The second-order valence-electron chi connectivity index (χ2n) is 5.05. The van der Waals surface area contributed by atoms with Gasteiger partial charge in [0.1, 0.15) is 0 Å². The Balaban J connectivity index is 1.65. The average Bonchev–Trinajstić information content (AvgIpc) is 2.81. The van der Waals surface area contributed by atoms with Gasteiger partial charge in [-0.1, -0.05) is 0 Å². The lowest BCUT2D eigenvalue weighted by Gasteiger charge is -2.26. The highest BCUT2D eigenvalue weighted by Crippen LogP contribution is 2.23. The van der Waals surface area contributed by atoms with Crippen molar-refractivity contribution in [3.05, 3.63) is 0 Å². The summed E-state index contributed by atoms with van der Waals surface area (Å²) in [6, 6.07) is 0.366. The van der Waals surface area contributed by atoms with E-state index in [2.05, 4.69) is 0 Å². The largest absolute Gasteiger partial charge is 0.449 e. The van der Waals surface area contributed by atoms with Gasteiger partial charge in [-0.3, -0.25) is 0 Å². The fourth-order valence-corrected chi connectivity index (χ4v) is 2.54. The highest BCUT2D eigenvalue weighted by molar-refractivity contribution is 5.67. The minimum Gasteiger partial charge on any atom is -0.449 e. The van der Waals surface area contributed by atoms with Crippen LogP contribution >= 0.6 is 0 Å². The first kappa shape index (κ1) is 11.7. The smallest absolute Gasteiger partial charge is 0.409 e. The highest BCUT2D eigenvalue weighted by Gasteiger charge is 2.23. The van der Waals surface area contributed by atoms with Crippen LogP contribution in [-0.4, -0.2) is 36.7 Å². The van der Waals surface area contributed by atoms with Crippen molar-refractivity contribution < 1.29 is 9.53 Å². The Kier molecular flexibility index (Phi) is 4.04. The van der Waals surface area contributed by atoms with Crippen molar-refractivity contribution in [1.82, 2.24) is 4.90 Å². The highest BCUT2D eigenvalue weighted by atomic mass is 16.6. The summed E-state index contributed by atoms with van der Waals surface area (Å²) >= 11 is 0. The quantitative estimate of drug-likeness (QED) is 0.780. The molecule has 2 rings (SSSR count). The predicted molar refractivity (Wildman–Crippen MR) is 62.1 cm³/mol. The van der Waals surface area contributed by atoms with Gasteiger partial charge in [0.15, 0.2) is 0 Å². The van der Waals surface area contributed by atoms with Gasteiger partial charge in [-0.25, -0.2) is 4.79 Å². The third-order valence-electron chi connectivity index (χ3n) is 3.70. The summed E-state index contributed by atoms with van der Waals surface area (Å²) in [6.07, 6.45) is 6.48. The molecule has 1 aliphatic carbocycles. The van der Waals surface area contributed by atoms with Crippen LogP contribution in [0.5, 0.6) is 0 Å². The molecule has 4 heteroatoms. The standard InChI is InChI=1S/C12H22N2O2/c13-11-5-3-10(4-6-11)9-16-12(15)14-7-1-2-8-14/h10-11H,1-9,13H2. The molecule has 1 heterocycles. The summed E-state index contributed by atoms with van der Waals surface area (Å²) in [6.45, 7) is 2.32. The van der Waals surface area contributed by atoms with Crippen molar-refractivity contribution in [2.45, 2.75) is 44.6 Å². The molecule has 1 aliphatic heterocycles. The third kappa shape index (κ3) is 3.11. The van der Waals surface area contributed by atoms with Gasteiger partial charge in [-0.15, -0.1) is 0 Å². The van der Waals surface area contributed by atoms with Crippen molar-refractivity contribution in [3.63, 3.8) is 0 Å². The average molecular weight is 226 g/mol. The van der Waals surface area contributed by atoms with E-state index in [0.29, 0.717) is 18.6 Å². The van der Waals surface area contributed by atoms with Crippen molar-refractivity contribution in [1.29, 1.82) is 0 Å². The first-order valence-corrected chi connectivity index (χ1v) is 6.43. The van der Waals surface area contributed by atoms with Gasteiger partial charge >= 0.3 is 6.09 Å². The summed E-state index contributed by atoms with van der Waals surface area (Å²) in [5.74, 6) is 0.534. The molecule has 1 saturated heterocycles. The van der Waals surface area contributed by atoms with Gasteiger partial charge in [-0.05, 0) is 44.4 Å².